The second-order valence-corrected chi connectivity index (χ2v) is 4.71. The molecule has 0 saturated carbocycles. The molecule has 0 saturated heterocycles. The summed E-state index contributed by atoms with van der Waals surface area (Å²) in [5.74, 6) is -4.56. The average molecular weight is 354 g/mol. The fourth-order valence-corrected chi connectivity index (χ4v) is 1.94. The van der Waals surface area contributed by atoms with Gasteiger partial charge in [-0.2, -0.15) is 26.3 Å². The summed E-state index contributed by atoms with van der Waals surface area (Å²) in [6.07, 6.45) is -9.93. The third-order valence-corrected chi connectivity index (χ3v) is 3.07. The number of benzene rings is 2. The summed E-state index contributed by atoms with van der Waals surface area (Å²) in [6, 6.07) is 2.54. The summed E-state index contributed by atoms with van der Waals surface area (Å²) in [5.41, 5.74) is -4.31. The maximum Gasteiger partial charge on any atom is 0.419 e. The SMILES string of the molecule is O=C(c1ccc(C(F)(F)F)c(F)c1)c1ccc(C(F)(F)F)c(F)c1. The first-order chi connectivity index (χ1) is 10.9. The lowest BCUT2D eigenvalue weighted by Gasteiger charge is -2.10. The molecular formula is C15H6F8O. The Morgan fingerprint density at radius 2 is 1.00 bits per heavy atom. The Hall–Kier alpha value is -2.45. The van der Waals surface area contributed by atoms with Crippen molar-refractivity contribution in [2.75, 3.05) is 0 Å². The van der Waals surface area contributed by atoms with E-state index in [4.69, 9.17) is 0 Å². The third kappa shape index (κ3) is 3.55. The molecule has 0 bridgehead atoms. The molecule has 9 heteroatoms. The van der Waals surface area contributed by atoms with Crippen LogP contribution in [0.25, 0.3) is 0 Å². The molecule has 128 valence electrons. The highest BCUT2D eigenvalue weighted by atomic mass is 19.4. The highest BCUT2D eigenvalue weighted by molar-refractivity contribution is 6.09. The van der Waals surface area contributed by atoms with Crippen LogP contribution in [0.1, 0.15) is 27.0 Å². The molecule has 0 atom stereocenters. The summed E-state index contributed by atoms with van der Waals surface area (Å²) in [5, 5.41) is 0. The lowest BCUT2D eigenvalue weighted by molar-refractivity contribution is -0.140. The second-order valence-electron chi connectivity index (χ2n) is 4.71. The van der Waals surface area contributed by atoms with Gasteiger partial charge < -0.3 is 0 Å². The van der Waals surface area contributed by atoms with Crippen LogP contribution >= 0.6 is 0 Å². The highest BCUT2D eigenvalue weighted by Crippen LogP contribution is 2.33. The van der Waals surface area contributed by atoms with Crippen molar-refractivity contribution in [1.82, 2.24) is 0 Å². The van der Waals surface area contributed by atoms with E-state index >= 15 is 0 Å². The minimum Gasteiger partial charge on any atom is -0.289 e. The maximum absolute atomic E-state index is 13.4. The van der Waals surface area contributed by atoms with E-state index in [1.807, 2.05) is 0 Å². The molecule has 0 radical (unpaired) electrons. The van der Waals surface area contributed by atoms with E-state index in [0.717, 1.165) is 0 Å². The van der Waals surface area contributed by atoms with E-state index in [1.165, 1.54) is 0 Å². The fraction of sp³-hybridized carbons (Fsp3) is 0.133. The minimum absolute atomic E-state index is 0.292. The van der Waals surface area contributed by atoms with Crippen molar-refractivity contribution in [2.24, 2.45) is 0 Å². The van der Waals surface area contributed by atoms with Crippen LogP contribution in [0, 0.1) is 11.6 Å². The third-order valence-electron chi connectivity index (χ3n) is 3.07. The van der Waals surface area contributed by atoms with Gasteiger partial charge in [0.05, 0.1) is 11.1 Å². The van der Waals surface area contributed by atoms with Gasteiger partial charge in [0, 0.05) is 11.1 Å². The summed E-state index contributed by atoms with van der Waals surface area (Å²) in [6.45, 7) is 0. The molecule has 0 heterocycles. The van der Waals surface area contributed by atoms with Crippen LogP contribution < -0.4 is 0 Å². The summed E-state index contributed by atoms with van der Waals surface area (Å²) in [4.78, 5) is 12.0. The number of hydrogen-bond acceptors (Lipinski definition) is 1. The zero-order chi connectivity index (χ0) is 18.3. The Balaban J connectivity index is 2.40. The number of carbonyl (C=O) groups excluding carboxylic acids is 1. The van der Waals surface area contributed by atoms with Crippen molar-refractivity contribution in [3.05, 3.63) is 70.3 Å². The number of ketones is 1. The van der Waals surface area contributed by atoms with Crippen LogP contribution in [0.2, 0.25) is 0 Å². The van der Waals surface area contributed by atoms with Gasteiger partial charge in [-0.15, -0.1) is 0 Å². The first-order valence-electron chi connectivity index (χ1n) is 6.19. The molecule has 0 aliphatic heterocycles. The van der Waals surface area contributed by atoms with E-state index < -0.39 is 52.0 Å². The molecule has 0 aliphatic rings. The van der Waals surface area contributed by atoms with Crippen LogP contribution in [-0.4, -0.2) is 5.78 Å². The largest absolute Gasteiger partial charge is 0.419 e. The van der Waals surface area contributed by atoms with Gasteiger partial charge in [-0.05, 0) is 24.3 Å². The highest BCUT2D eigenvalue weighted by Gasteiger charge is 2.35. The van der Waals surface area contributed by atoms with E-state index in [0.29, 0.717) is 36.4 Å². The zero-order valence-corrected chi connectivity index (χ0v) is 11.4. The topological polar surface area (TPSA) is 17.1 Å². The molecule has 0 N–H and O–H groups in total. The Morgan fingerprint density at radius 3 is 1.25 bits per heavy atom. The Labute approximate surface area is 129 Å². The fourth-order valence-electron chi connectivity index (χ4n) is 1.94. The molecule has 2 aromatic carbocycles. The first-order valence-corrected chi connectivity index (χ1v) is 6.19. The average Bonchev–Trinajstić information content (AvgIpc) is 2.43. The van der Waals surface area contributed by atoms with Crippen LogP contribution in [0.15, 0.2) is 36.4 Å². The van der Waals surface area contributed by atoms with Gasteiger partial charge in [0.15, 0.2) is 5.78 Å². The van der Waals surface area contributed by atoms with E-state index in [1.54, 1.807) is 0 Å². The van der Waals surface area contributed by atoms with Crippen LogP contribution in [0.4, 0.5) is 35.1 Å². The molecule has 2 rings (SSSR count). The van der Waals surface area contributed by atoms with Gasteiger partial charge >= 0.3 is 12.4 Å². The molecule has 0 unspecified atom stereocenters. The summed E-state index contributed by atoms with van der Waals surface area (Å²) in [7, 11) is 0. The quantitative estimate of drug-likeness (QED) is 0.533. The molecule has 0 aliphatic carbocycles. The van der Waals surface area contributed by atoms with Crippen molar-refractivity contribution in [3.63, 3.8) is 0 Å². The lowest BCUT2D eigenvalue weighted by atomic mass is 10.00. The van der Waals surface area contributed by atoms with Gasteiger partial charge in [0.25, 0.3) is 0 Å². The normalized spacial score (nSPS) is 12.3. The first kappa shape index (κ1) is 17.9. The van der Waals surface area contributed by atoms with Gasteiger partial charge in [-0.3, -0.25) is 4.79 Å². The van der Waals surface area contributed by atoms with Crippen molar-refractivity contribution >= 4 is 5.78 Å². The van der Waals surface area contributed by atoms with E-state index in [9.17, 15) is 39.9 Å². The number of carbonyl (C=O) groups is 1. The molecule has 0 fully saturated rings. The Morgan fingerprint density at radius 1 is 0.667 bits per heavy atom. The summed E-state index contributed by atoms with van der Waals surface area (Å²) >= 11 is 0. The number of alkyl halides is 6. The monoisotopic (exact) mass is 354 g/mol. The van der Waals surface area contributed by atoms with Gasteiger partial charge in [-0.1, -0.05) is 12.1 Å². The van der Waals surface area contributed by atoms with Crippen molar-refractivity contribution in [3.8, 4) is 0 Å². The minimum atomic E-state index is -4.97. The molecule has 0 spiro atoms. The standard InChI is InChI=1S/C15H6F8O/c16-11-5-7(1-3-9(11)14(18,19)20)13(24)8-2-4-10(12(17)6-8)15(21,22)23/h1-6H. The smallest absolute Gasteiger partial charge is 0.289 e. The predicted octanol–water partition coefficient (Wildman–Crippen LogP) is 5.23. The molecule has 24 heavy (non-hydrogen) atoms. The Kier molecular flexibility index (Phi) is 4.38. The second kappa shape index (κ2) is 5.88. The molecule has 1 nitrogen and oxygen atoms in total. The lowest BCUT2D eigenvalue weighted by Crippen LogP contribution is -2.12. The number of rotatable bonds is 2. The van der Waals surface area contributed by atoms with Crippen molar-refractivity contribution in [1.29, 1.82) is 0 Å². The molecule has 2 aromatic rings. The molecule has 0 amide bonds. The van der Waals surface area contributed by atoms with E-state index in [-0.39, 0.29) is 0 Å². The van der Waals surface area contributed by atoms with Gasteiger partial charge in [0.2, 0.25) is 0 Å². The zero-order valence-electron chi connectivity index (χ0n) is 11.4. The van der Waals surface area contributed by atoms with Crippen LogP contribution in [-0.2, 0) is 12.4 Å². The molecular weight excluding hydrogens is 348 g/mol. The predicted molar refractivity (Wildman–Crippen MR) is 66.2 cm³/mol. The summed E-state index contributed by atoms with van der Waals surface area (Å²) < 4.78 is 101. The molecule has 0 aromatic heterocycles. The van der Waals surface area contributed by atoms with Crippen LogP contribution in [0.5, 0.6) is 0 Å². The number of hydrogen-bond donors (Lipinski definition) is 0. The number of halogens is 8. The van der Waals surface area contributed by atoms with E-state index in [2.05, 4.69) is 0 Å². The van der Waals surface area contributed by atoms with Crippen molar-refractivity contribution < 1.29 is 39.9 Å². The Bertz CT molecular complexity index is 724. The van der Waals surface area contributed by atoms with Gasteiger partial charge in [0.1, 0.15) is 11.6 Å². The van der Waals surface area contributed by atoms with Gasteiger partial charge in [-0.25, -0.2) is 8.78 Å². The van der Waals surface area contributed by atoms with Crippen LogP contribution in [0.3, 0.4) is 0 Å². The van der Waals surface area contributed by atoms with Crippen molar-refractivity contribution in [2.45, 2.75) is 12.4 Å². The maximum atomic E-state index is 13.4.